The Labute approximate surface area is 113 Å². The van der Waals surface area contributed by atoms with Crippen LogP contribution in [0.1, 0.15) is 33.1 Å². The predicted octanol–water partition coefficient (Wildman–Crippen LogP) is 2.71. The van der Waals surface area contributed by atoms with Gasteiger partial charge in [-0.05, 0) is 31.6 Å². The molecule has 5 atom stereocenters. The highest BCUT2D eigenvalue weighted by Crippen LogP contribution is 2.57. The van der Waals surface area contributed by atoms with Gasteiger partial charge in [0.1, 0.15) is 11.7 Å². The smallest absolute Gasteiger partial charge is 0.334 e. The summed E-state index contributed by atoms with van der Waals surface area (Å²) in [5, 5.41) is 9.29. The minimum Gasteiger partial charge on any atom is -0.458 e. The second kappa shape index (κ2) is 3.93. The summed E-state index contributed by atoms with van der Waals surface area (Å²) in [6.07, 6.45) is 6.42. The fourth-order valence-corrected chi connectivity index (χ4v) is 4.21. The first-order chi connectivity index (χ1) is 8.89. The van der Waals surface area contributed by atoms with Crippen LogP contribution in [-0.4, -0.2) is 22.9 Å². The summed E-state index contributed by atoms with van der Waals surface area (Å²) in [5.74, 6) is -0.0501. The van der Waals surface area contributed by atoms with E-state index < -0.39 is 5.60 Å². The minimum absolute atomic E-state index is 0.0156. The molecule has 3 aliphatic rings. The zero-order valence-corrected chi connectivity index (χ0v) is 11.4. The van der Waals surface area contributed by atoms with Crippen LogP contribution in [0.5, 0.6) is 0 Å². The van der Waals surface area contributed by atoms with Crippen molar-refractivity contribution in [2.75, 3.05) is 0 Å². The van der Waals surface area contributed by atoms with Gasteiger partial charge in [0.25, 0.3) is 0 Å². The summed E-state index contributed by atoms with van der Waals surface area (Å²) < 4.78 is 5.43. The van der Waals surface area contributed by atoms with Gasteiger partial charge in [-0.25, -0.2) is 9.68 Å². The van der Waals surface area contributed by atoms with E-state index in [-0.39, 0.29) is 29.3 Å². The van der Waals surface area contributed by atoms with Gasteiger partial charge in [-0.1, -0.05) is 25.7 Å². The van der Waals surface area contributed by atoms with E-state index in [4.69, 9.17) is 9.62 Å². The van der Waals surface area contributed by atoms with E-state index in [2.05, 4.69) is 19.6 Å². The highest BCUT2D eigenvalue weighted by molar-refractivity contribution is 5.90. The van der Waals surface area contributed by atoms with Gasteiger partial charge in [-0.15, -0.1) is 0 Å². The van der Waals surface area contributed by atoms with Crippen molar-refractivity contribution in [2.45, 2.75) is 44.8 Å². The van der Waals surface area contributed by atoms with Gasteiger partial charge < -0.3 is 4.74 Å². The molecule has 1 N–H and O–H groups in total. The molecule has 0 amide bonds. The molecule has 1 heterocycles. The van der Waals surface area contributed by atoms with Crippen molar-refractivity contribution < 1.29 is 19.7 Å². The second-order valence-electron chi connectivity index (χ2n) is 6.60. The Morgan fingerprint density at radius 1 is 1.53 bits per heavy atom. The molecule has 1 saturated carbocycles. The molecular formula is C15H20O4. The van der Waals surface area contributed by atoms with Crippen LogP contribution in [0, 0.1) is 17.3 Å². The molecule has 1 aliphatic heterocycles. The number of hydrogen-bond acceptors (Lipinski definition) is 4. The molecule has 2 fully saturated rings. The van der Waals surface area contributed by atoms with Crippen LogP contribution in [0.4, 0.5) is 0 Å². The third-order valence-electron chi connectivity index (χ3n) is 5.34. The highest BCUT2D eigenvalue weighted by Gasteiger charge is 2.57. The van der Waals surface area contributed by atoms with Gasteiger partial charge in [-0.3, -0.25) is 5.26 Å². The van der Waals surface area contributed by atoms with Crippen molar-refractivity contribution in [3.63, 3.8) is 0 Å². The first-order valence-electron chi connectivity index (χ1n) is 6.80. The average molecular weight is 264 g/mol. The quantitative estimate of drug-likeness (QED) is 0.260. The molecular weight excluding hydrogens is 244 g/mol. The van der Waals surface area contributed by atoms with Crippen molar-refractivity contribution in [1.82, 2.24) is 0 Å². The first-order valence-corrected chi connectivity index (χ1v) is 6.80. The Hall–Kier alpha value is -1.13. The number of allylic oxidation sites excluding steroid dienone is 1. The van der Waals surface area contributed by atoms with Crippen LogP contribution < -0.4 is 0 Å². The van der Waals surface area contributed by atoms with Crippen LogP contribution in [0.3, 0.4) is 0 Å². The van der Waals surface area contributed by atoms with Gasteiger partial charge in [-0.2, -0.15) is 0 Å². The SMILES string of the molecule is C=C1C(=O)OC2CC3(C)CC=CC(C)(OO)C3CC12. The Morgan fingerprint density at radius 2 is 2.26 bits per heavy atom. The Bertz CT molecular complexity index is 469. The van der Waals surface area contributed by atoms with Crippen LogP contribution in [0.15, 0.2) is 24.3 Å². The van der Waals surface area contributed by atoms with Gasteiger partial charge in [0.15, 0.2) is 0 Å². The zero-order valence-electron chi connectivity index (χ0n) is 11.4. The lowest BCUT2D eigenvalue weighted by Crippen LogP contribution is -2.53. The molecule has 0 aromatic rings. The van der Waals surface area contributed by atoms with Crippen LogP contribution in [-0.2, 0) is 14.4 Å². The lowest BCUT2D eigenvalue weighted by Gasteiger charge is -2.52. The molecule has 19 heavy (non-hydrogen) atoms. The summed E-state index contributed by atoms with van der Waals surface area (Å²) in [7, 11) is 0. The van der Waals surface area contributed by atoms with Gasteiger partial charge in [0.2, 0.25) is 0 Å². The molecule has 0 spiro atoms. The lowest BCUT2D eigenvalue weighted by atomic mass is 9.54. The van der Waals surface area contributed by atoms with E-state index in [0.29, 0.717) is 5.57 Å². The standard InChI is InChI=1S/C15H20O4/c1-9-10-7-12-14(2,8-11(10)18-13(9)16)5-4-6-15(12,3)19-17/h4,6,10-12,17H,1,5,7-8H2,2-3H3. The number of carbonyl (C=O) groups is 1. The molecule has 4 heteroatoms. The minimum atomic E-state index is -0.691. The van der Waals surface area contributed by atoms with Crippen molar-refractivity contribution in [3.05, 3.63) is 24.3 Å². The highest BCUT2D eigenvalue weighted by atomic mass is 17.1. The average Bonchev–Trinajstić information content (AvgIpc) is 2.62. The molecule has 3 rings (SSSR count). The lowest BCUT2D eigenvalue weighted by molar-refractivity contribution is -0.330. The van der Waals surface area contributed by atoms with Gasteiger partial charge in [0.05, 0.1) is 0 Å². The first kappa shape index (κ1) is 12.9. The Kier molecular flexibility index (Phi) is 2.67. The fourth-order valence-electron chi connectivity index (χ4n) is 4.21. The molecule has 5 unspecified atom stereocenters. The van der Waals surface area contributed by atoms with Crippen molar-refractivity contribution >= 4 is 5.97 Å². The molecule has 0 bridgehead atoms. The molecule has 2 aliphatic carbocycles. The number of rotatable bonds is 1. The molecule has 104 valence electrons. The molecule has 4 nitrogen and oxygen atoms in total. The van der Waals surface area contributed by atoms with Crippen molar-refractivity contribution in [2.24, 2.45) is 17.3 Å². The largest absolute Gasteiger partial charge is 0.458 e. The second-order valence-corrected chi connectivity index (χ2v) is 6.60. The summed E-state index contributed by atoms with van der Waals surface area (Å²) >= 11 is 0. The monoisotopic (exact) mass is 264 g/mol. The number of esters is 1. The number of ether oxygens (including phenoxy) is 1. The van der Waals surface area contributed by atoms with Gasteiger partial charge in [0, 0.05) is 17.4 Å². The maximum absolute atomic E-state index is 11.7. The van der Waals surface area contributed by atoms with Gasteiger partial charge >= 0.3 is 5.97 Å². The van der Waals surface area contributed by atoms with Crippen molar-refractivity contribution in [1.29, 1.82) is 0 Å². The molecule has 0 aromatic heterocycles. The van der Waals surface area contributed by atoms with E-state index >= 15 is 0 Å². The third-order valence-corrected chi connectivity index (χ3v) is 5.34. The zero-order chi connectivity index (χ0) is 13.8. The van der Waals surface area contributed by atoms with E-state index in [1.54, 1.807) is 0 Å². The molecule has 1 saturated heterocycles. The molecule has 0 aromatic carbocycles. The van der Waals surface area contributed by atoms with E-state index in [9.17, 15) is 10.1 Å². The number of hydrogen-bond donors (Lipinski definition) is 1. The molecule has 0 radical (unpaired) electrons. The van der Waals surface area contributed by atoms with Crippen LogP contribution >= 0.6 is 0 Å². The maximum Gasteiger partial charge on any atom is 0.334 e. The van der Waals surface area contributed by atoms with Crippen LogP contribution in [0.25, 0.3) is 0 Å². The van der Waals surface area contributed by atoms with Crippen LogP contribution in [0.2, 0.25) is 0 Å². The van der Waals surface area contributed by atoms with E-state index in [0.717, 1.165) is 19.3 Å². The number of carbonyl (C=O) groups excluding carboxylic acids is 1. The van der Waals surface area contributed by atoms with Crippen molar-refractivity contribution in [3.8, 4) is 0 Å². The summed E-state index contributed by atoms with van der Waals surface area (Å²) in [6.45, 7) is 7.94. The normalized spacial score (nSPS) is 48.7. The number of fused-ring (bicyclic) bond motifs is 2. The van der Waals surface area contributed by atoms with E-state index in [1.807, 2.05) is 13.0 Å². The fraction of sp³-hybridized carbons (Fsp3) is 0.667. The summed E-state index contributed by atoms with van der Waals surface area (Å²) in [4.78, 5) is 16.4. The van der Waals surface area contributed by atoms with E-state index in [1.165, 1.54) is 0 Å². The third kappa shape index (κ3) is 1.70. The Morgan fingerprint density at radius 3 is 2.95 bits per heavy atom. The Balaban J connectivity index is 1.96. The topological polar surface area (TPSA) is 55.8 Å². The summed E-state index contributed by atoms with van der Waals surface area (Å²) in [6, 6.07) is 0. The summed E-state index contributed by atoms with van der Waals surface area (Å²) in [5.41, 5.74) is -0.135. The maximum atomic E-state index is 11.7. The predicted molar refractivity (Wildman–Crippen MR) is 69.2 cm³/mol.